The first-order valence-corrected chi connectivity index (χ1v) is 9.67. The summed E-state index contributed by atoms with van der Waals surface area (Å²) in [6.07, 6.45) is 4.91. The number of carbonyl (C=O) groups excluding carboxylic acids is 2. The second-order valence-corrected chi connectivity index (χ2v) is 7.87. The van der Waals surface area contributed by atoms with Crippen molar-refractivity contribution < 1.29 is 14.3 Å². The summed E-state index contributed by atoms with van der Waals surface area (Å²) in [5.74, 6) is -0.264. The molecule has 0 bridgehead atoms. The van der Waals surface area contributed by atoms with Gasteiger partial charge in [0.1, 0.15) is 0 Å². The normalized spacial score (nSPS) is 21.7. The van der Waals surface area contributed by atoms with Gasteiger partial charge < -0.3 is 15.0 Å². The van der Waals surface area contributed by atoms with E-state index < -0.39 is 0 Å². The smallest absolute Gasteiger partial charge is 0.263 e. The van der Waals surface area contributed by atoms with Crippen LogP contribution in [0.25, 0.3) is 0 Å². The Kier molecular flexibility index (Phi) is 4.74. The first kappa shape index (κ1) is 17.2. The number of nitrogens with zero attached hydrogens (tertiary/aromatic N) is 2. The molecule has 2 aromatic rings. The van der Waals surface area contributed by atoms with Crippen LogP contribution in [0.1, 0.15) is 22.5 Å². The summed E-state index contributed by atoms with van der Waals surface area (Å²) in [4.78, 5) is 32.5. The van der Waals surface area contributed by atoms with Crippen molar-refractivity contribution in [1.29, 1.82) is 0 Å². The predicted molar refractivity (Wildman–Crippen MR) is 99.1 cm³/mol. The number of pyridine rings is 1. The third-order valence-corrected chi connectivity index (χ3v) is 6.26. The summed E-state index contributed by atoms with van der Waals surface area (Å²) < 4.78 is 5.53. The fourth-order valence-electron chi connectivity index (χ4n) is 3.99. The van der Waals surface area contributed by atoms with Gasteiger partial charge in [-0.05, 0) is 36.4 Å². The molecule has 1 unspecified atom stereocenters. The van der Waals surface area contributed by atoms with E-state index in [2.05, 4.69) is 10.3 Å². The zero-order valence-electron chi connectivity index (χ0n) is 14.4. The maximum Gasteiger partial charge on any atom is 0.263 e. The van der Waals surface area contributed by atoms with E-state index in [9.17, 15) is 9.59 Å². The van der Waals surface area contributed by atoms with Crippen molar-refractivity contribution in [3.63, 3.8) is 0 Å². The standard InChI is InChI=1S/C19H21N3O3S/c23-17(21-14-3-1-7-20-11-14)15-12-22(18(24)16-4-2-10-26-16)13-19(15)5-8-25-9-6-19/h1-4,7,10-11,15H,5-6,8-9,12-13H2,(H,21,23). The number of likely N-dealkylation sites (tertiary alicyclic amines) is 1. The number of carbonyl (C=O) groups is 2. The van der Waals surface area contributed by atoms with E-state index >= 15 is 0 Å². The van der Waals surface area contributed by atoms with E-state index in [1.807, 2.05) is 28.5 Å². The largest absolute Gasteiger partial charge is 0.381 e. The van der Waals surface area contributed by atoms with Gasteiger partial charge in [-0.15, -0.1) is 11.3 Å². The first-order chi connectivity index (χ1) is 12.7. The molecular weight excluding hydrogens is 350 g/mol. The van der Waals surface area contributed by atoms with Crippen LogP contribution in [0.3, 0.4) is 0 Å². The molecule has 2 aliphatic heterocycles. The Morgan fingerprint density at radius 1 is 1.27 bits per heavy atom. The highest BCUT2D eigenvalue weighted by Gasteiger charge is 2.51. The molecule has 1 atom stereocenters. The molecule has 2 aromatic heterocycles. The number of ether oxygens (including phenoxy) is 1. The molecule has 26 heavy (non-hydrogen) atoms. The molecule has 0 aromatic carbocycles. The number of nitrogens with one attached hydrogen (secondary N) is 1. The fourth-order valence-corrected chi connectivity index (χ4v) is 4.68. The lowest BCUT2D eigenvalue weighted by molar-refractivity contribution is -0.124. The van der Waals surface area contributed by atoms with Gasteiger partial charge in [0.2, 0.25) is 5.91 Å². The second kappa shape index (κ2) is 7.17. The van der Waals surface area contributed by atoms with Crippen molar-refractivity contribution in [2.75, 3.05) is 31.6 Å². The monoisotopic (exact) mass is 371 g/mol. The SMILES string of the molecule is O=C(Nc1cccnc1)C1CN(C(=O)c2cccs2)CC12CCOCC2. The molecule has 0 radical (unpaired) electrons. The Labute approximate surface area is 156 Å². The van der Waals surface area contributed by atoms with Gasteiger partial charge in [-0.3, -0.25) is 14.6 Å². The summed E-state index contributed by atoms with van der Waals surface area (Å²) in [5, 5.41) is 4.87. The molecule has 1 spiro atoms. The van der Waals surface area contributed by atoms with Crippen molar-refractivity contribution in [3.8, 4) is 0 Å². The molecule has 4 rings (SSSR count). The Morgan fingerprint density at radius 3 is 2.81 bits per heavy atom. The molecule has 2 fully saturated rings. The average Bonchev–Trinajstić information content (AvgIpc) is 3.31. The maximum absolute atomic E-state index is 13.0. The Morgan fingerprint density at radius 2 is 2.12 bits per heavy atom. The van der Waals surface area contributed by atoms with Crippen LogP contribution in [-0.4, -0.2) is 48.0 Å². The van der Waals surface area contributed by atoms with Gasteiger partial charge >= 0.3 is 0 Å². The molecule has 2 saturated heterocycles. The summed E-state index contributed by atoms with van der Waals surface area (Å²) in [6, 6.07) is 7.34. The van der Waals surface area contributed by atoms with Crippen molar-refractivity contribution in [2.45, 2.75) is 12.8 Å². The molecule has 6 nitrogen and oxygen atoms in total. The third-order valence-electron chi connectivity index (χ3n) is 5.40. The molecule has 0 saturated carbocycles. The van der Waals surface area contributed by atoms with Gasteiger partial charge in [-0.1, -0.05) is 6.07 Å². The molecular formula is C19H21N3O3S. The number of aromatic nitrogens is 1. The minimum absolute atomic E-state index is 0.0162. The minimum atomic E-state index is -0.240. The van der Waals surface area contributed by atoms with E-state index in [1.54, 1.807) is 18.5 Å². The number of amides is 2. The second-order valence-electron chi connectivity index (χ2n) is 6.92. The van der Waals surface area contributed by atoms with Crippen LogP contribution < -0.4 is 5.32 Å². The number of hydrogen-bond donors (Lipinski definition) is 1. The highest BCUT2D eigenvalue weighted by Crippen LogP contribution is 2.45. The zero-order valence-corrected chi connectivity index (χ0v) is 15.2. The number of rotatable bonds is 3. The zero-order chi connectivity index (χ0) is 18.0. The van der Waals surface area contributed by atoms with E-state index in [1.165, 1.54) is 11.3 Å². The maximum atomic E-state index is 13.0. The minimum Gasteiger partial charge on any atom is -0.381 e. The van der Waals surface area contributed by atoms with Gasteiger partial charge in [0.15, 0.2) is 0 Å². The quantitative estimate of drug-likeness (QED) is 0.900. The topological polar surface area (TPSA) is 71.5 Å². The van der Waals surface area contributed by atoms with Gasteiger partial charge in [-0.25, -0.2) is 0 Å². The Balaban J connectivity index is 1.56. The lowest BCUT2D eigenvalue weighted by Gasteiger charge is -2.37. The highest BCUT2D eigenvalue weighted by atomic mass is 32.1. The van der Waals surface area contributed by atoms with Crippen molar-refractivity contribution >= 4 is 28.8 Å². The lowest BCUT2D eigenvalue weighted by atomic mass is 9.71. The third kappa shape index (κ3) is 3.24. The van der Waals surface area contributed by atoms with Gasteiger partial charge in [0, 0.05) is 37.9 Å². The molecule has 0 aliphatic carbocycles. The number of anilines is 1. The summed E-state index contributed by atoms with van der Waals surface area (Å²) >= 11 is 1.44. The van der Waals surface area contributed by atoms with Crippen LogP contribution >= 0.6 is 11.3 Å². The van der Waals surface area contributed by atoms with Gasteiger partial charge in [0.05, 0.1) is 22.7 Å². The van der Waals surface area contributed by atoms with Crippen LogP contribution in [0, 0.1) is 11.3 Å². The highest BCUT2D eigenvalue weighted by molar-refractivity contribution is 7.12. The number of thiophene rings is 1. The van der Waals surface area contributed by atoms with E-state index in [4.69, 9.17) is 4.74 Å². The van der Waals surface area contributed by atoms with Crippen LogP contribution in [0.5, 0.6) is 0 Å². The summed E-state index contributed by atoms with van der Waals surface area (Å²) in [7, 11) is 0. The molecule has 136 valence electrons. The number of hydrogen-bond acceptors (Lipinski definition) is 5. The van der Waals surface area contributed by atoms with E-state index in [0.29, 0.717) is 32.0 Å². The van der Waals surface area contributed by atoms with E-state index in [-0.39, 0.29) is 23.1 Å². The average molecular weight is 371 g/mol. The van der Waals surface area contributed by atoms with Crippen LogP contribution in [0.4, 0.5) is 5.69 Å². The molecule has 2 aliphatic rings. The summed E-state index contributed by atoms with van der Waals surface area (Å²) in [5.41, 5.74) is 0.472. The van der Waals surface area contributed by atoms with Crippen molar-refractivity contribution in [1.82, 2.24) is 9.88 Å². The van der Waals surface area contributed by atoms with Gasteiger partial charge in [-0.2, -0.15) is 0 Å². The van der Waals surface area contributed by atoms with Crippen LogP contribution in [0.2, 0.25) is 0 Å². The van der Waals surface area contributed by atoms with Crippen LogP contribution in [-0.2, 0) is 9.53 Å². The molecule has 1 N–H and O–H groups in total. The summed E-state index contributed by atoms with van der Waals surface area (Å²) in [6.45, 7) is 2.33. The molecule has 7 heteroatoms. The van der Waals surface area contributed by atoms with Crippen LogP contribution in [0.15, 0.2) is 42.0 Å². The lowest BCUT2D eigenvalue weighted by Crippen LogP contribution is -2.42. The first-order valence-electron chi connectivity index (χ1n) is 8.79. The van der Waals surface area contributed by atoms with Gasteiger partial charge in [0.25, 0.3) is 5.91 Å². The fraction of sp³-hybridized carbons (Fsp3) is 0.421. The predicted octanol–water partition coefficient (Wildman–Crippen LogP) is 2.65. The van der Waals surface area contributed by atoms with E-state index in [0.717, 1.165) is 17.7 Å². The van der Waals surface area contributed by atoms with Crippen molar-refractivity contribution in [3.05, 3.63) is 46.9 Å². The Hall–Kier alpha value is -2.25. The molecule has 2 amide bonds. The Bertz CT molecular complexity index is 773. The molecule has 4 heterocycles. The van der Waals surface area contributed by atoms with Crippen molar-refractivity contribution in [2.24, 2.45) is 11.3 Å².